The van der Waals surface area contributed by atoms with Crippen LogP contribution in [0.1, 0.15) is 32.3 Å². The molecule has 2 aromatic rings. The minimum atomic E-state index is -4.38. The first-order chi connectivity index (χ1) is 14.8. The summed E-state index contributed by atoms with van der Waals surface area (Å²) in [6.45, 7) is 4.08. The lowest BCUT2D eigenvalue weighted by Gasteiger charge is -2.12. The highest BCUT2D eigenvalue weighted by Crippen LogP contribution is 2.31. The van der Waals surface area contributed by atoms with Crippen molar-refractivity contribution in [1.29, 1.82) is 0 Å². The van der Waals surface area contributed by atoms with Crippen molar-refractivity contribution >= 4 is 5.97 Å². The fraction of sp³-hybridized carbons (Fsp3) is 0.292. The van der Waals surface area contributed by atoms with E-state index < -0.39 is 17.7 Å². The molecule has 0 saturated heterocycles. The van der Waals surface area contributed by atoms with Gasteiger partial charge >= 0.3 is 12.1 Å². The molecule has 0 aliphatic rings. The molecule has 4 nitrogen and oxygen atoms in total. The SMILES string of the molecule is CCCC=CCOC(=O)/C=C/C(C)Oc1ccc(Oc2ccc(C(F)(F)F)cc2)cc1. The van der Waals surface area contributed by atoms with Gasteiger partial charge in [0.1, 0.15) is 30.0 Å². The van der Waals surface area contributed by atoms with Gasteiger partial charge in [0.15, 0.2) is 0 Å². The molecule has 0 fully saturated rings. The van der Waals surface area contributed by atoms with Crippen molar-refractivity contribution in [3.8, 4) is 17.2 Å². The Balaban J connectivity index is 1.81. The number of carbonyl (C=O) groups is 1. The minimum Gasteiger partial charge on any atom is -0.487 e. The summed E-state index contributed by atoms with van der Waals surface area (Å²) in [6.07, 6.45) is 3.92. The average molecular weight is 434 g/mol. The molecule has 0 heterocycles. The van der Waals surface area contributed by atoms with Crippen LogP contribution < -0.4 is 9.47 Å². The van der Waals surface area contributed by atoms with Crippen molar-refractivity contribution in [1.82, 2.24) is 0 Å². The van der Waals surface area contributed by atoms with Gasteiger partial charge in [-0.05, 0) is 68.0 Å². The number of allylic oxidation sites excluding steroid dienone is 1. The van der Waals surface area contributed by atoms with Gasteiger partial charge in [-0.25, -0.2) is 4.79 Å². The number of ether oxygens (including phenoxy) is 3. The van der Waals surface area contributed by atoms with Gasteiger partial charge in [0.25, 0.3) is 0 Å². The van der Waals surface area contributed by atoms with Gasteiger partial charge in [0, 0.05) is 6.08 Å². The minimum absolute atomic E-state index is 0.235. The molecule has 7 heteroatoms. The van der Waals surface area contributed by atoms with Crippen LogP contribution in [-0.2, 0) is 15.7 Å². The van der Waals surface area contributed by atoms with E-state index in [0.29, 0.717) is 17.2 Å². The van der Waals surface area contributed by atoms with Crippen LogP contribution in [0.25, 0.3) is 0 Å². The molecule has 166 valence electrons. The van der Waals surface area contributed by atoms with E-state index in [1.54, 1.807) is 37.3 Å². The molecule has 0 radical (unpaired) electrons. The molecule has 1 atom stereocenters. The Kier molecular flexibility index (Phi) is 9.18. The highest BCUT2D eigenvalue weighted by atomic mass is 19.4. The topological polar surface area (TPSA) is 44.8 Å². The second-order valence-corrected chi connectivity index (χ2v) is 6.67. The first-order valence-electron chi connectivity index (χ1n) is 9.89. The van der Waals surface area contributed by atoms with Crippen molar-refractivity contribution in [3.05, 3.63) is 78.4 Å². The maximum Gasteiger partial charge on any atom is 0.416 e. The van der Waals surface area contributed by atoms with Gasteiger partial charge in [-0.3, -0.25) is 0 Å². The van der Waals surface area contributed by atoms with Gasteiger partial charge in [0.05, 0.1) is 5.56 Å². The predicted molar refractivity (Wildman–Crippen MR) is 112 cm³/mol. The van der Waals surface area contributed by atoms with E-state index in [4.69, 9.17) is 14.2 Å². The molecule has 0 saturated carbocycles. The third-order valence-electron chi connectivity index (χ3n) is 4.01. The van der Waals surface area contributed by atoms with Crippen LogP contribution in [0.5, 0.6) is 17.2 Å². The van der Waals surface area contributed by atoms with E-state index in [1.165, 1.54) is 18.2 Å². The number of hydrogen-bond acceptors (Lipinski definition) is 4. The van der Waals surface area contributed by atoms with Crippen molar-refractivity contribution in [2.24, 2.45) is 0 Å². The molecule has 0 aromatic heterocycles. The van der Waals surface area contributed by atoms with Crippen LogP contribution in [-0.4, -0.2) is 18.7 Å². The number of alkyl halides is 3. The first-order valence-corrected chi connectivity index (χ1v) is 9.89. The van der Waals surface area contributed by atoms with Crippen LogP contribution >= 0.6 is 0 Å². The van der Waals surface area contributed by atoms with Crippen molar-refractivity contribution in [3.63, 3.8) is 0 Å². The molecule has 2 aromatic carbocycles. The summed E-state index contributed by atoms with van der Waals surface area (Å²) in [5, 5.41) is 0. The van der Waals surface area contributed by atoms with E-state index in [1.807, 2.05) is 12.2 Å². The number of benzene rings is 2. The predicted octanol–water partition coefficient (Wildman–Crippen LogP) is 6.72. The number of unbranched alkanes of at least 4 members (excludes halogenated alkanes) is 1. The third kappa shape index (κ3) is 8.99. The lowest BCUT2D eigenvalue weighted by molar-refractivity contribution is -0.138. The Hall–Kier alpha value is -3.22. The van der Waals surface area contributed by atoms with Crippen LogP contribution in [0.15, 0.2) is 72.8 Å². The summed E-state index contributed by atoms with van der Waals surface area (Å²) in [5.74, 6) is 0.848. The molecule has 0 N–H and O–H groups in total. The van der Waals surface area contributed by atoms with Crippen LogP contribution in [0.3, 0.4) is 0 Å². The van der Waals surface area contributed by atoms with Crippen molar-refractivity contribution in [2.75, 3.05) is 6.61 Å². The standard InChI is InChI=1S/C24H25F3O4/c1-3-4-5-6-17-29-23(28)16-7-18(2)30-20-12-14-22(15-13-20)31-21-10-8-19(9-11-21)24(25,26)27/h5-16,18H,3-4,17H2,1-2H3/b6-5?,16-7+. The molecule has 0 aliphatic heterocycles. The van der Waals surface area contributed by atoms with Gasteiger partial charge in [-0.15, -0.1) is 0 Å². The molecule has 1 unspecified atom stereocenters. The van der Waals surface area contributed by atoms with E-state index in [2.05, 4.69) is 6.92 Å². The number of rotatable bonds is 10. The molecule has 0 amide bonds. The quantitative estimate of drug-likeness (QED) is 0.237. The summed E-state index contributed by atoms with van der Waals surface area (Å²) >= 11 is 0. The first kappa shape index (κ1) is 24.1. The summed E-state index contributed by atoms with van der Waals surface area (Å²) < 4.78 is 54.1. The van der Waals surface area contributed by atoms with Crippen LogP contribution in [0.4, 0.5) is 13.2 Å². The molecular formula is C24H25F3O4. The summed E-state index contributed by atoms with van der Waals surface area (Å²) in [6, 6.07) is 11.1. The Labute approximate surface area is 179 Å². The Bertz CT molecular complexity index is 869. The Morgan fingerprint density at radius 1 is 0.968 bits per heavy atom. The molecule has 2 rings (SSSR count). The number of carbonyl (C=O) groups excluding carboxylic acids is 1. The highest BCUT2D eigenvalue weighted by Gasteiger charge is 2.30. The van der Waals surface area contributed by atoms with E-state index in [9.17, 15) is 18.0 Å². The largest absolute Gasteiger partial charge is 0.487 e. The molecule has 0 aliphatic carbocycles. The smallest absolute Gasteiger partial charge is 0.416 e. The molecular weight excluding hydrogens is 409 g/mol. The van der Waals surface area contributed by atoms with Gasteiger partial charge in [-0.1, -0.05) is 25.5 Å². The fourth-order valence-corrected chi connectivity index (χ4v) is 2.43. The average Bonchev–Trinajstić information content (AvgIpc) is 2.73. The van der Waals surface area contributed by atoms with E-state index >= 15 is 0 Å². The van der Waals surface area contributed by atoms with Gasteiger partial charge in [-0.2, -0.15) is 13.2 Å². The second kappa shape index (κ2) is 11.8. The van der Waals surface area contributed by atoms with Gasteiger partial charge in [0.2, 0.25) is 0 Å². The van der Waals surface area contributed by atoms with Crippen molar-refractivity contribution < 1.29 is 32.2 Å². The summed E-state index contributed by atoms with van der Waals surface area (Å²) in [7, 11) is 0. The monoisotopic (exact) mass is 434 g/mol. The summed E-state index contributed by atoms with van der Waals surface area (Å²) in [4.78, 5) is 11.6. The Morgan fingerprint density at radius 3 is 2.13 bits per heavy atom. The zero-order chi connectivity index (χ0) is 22.7. The lowest BCUT2D eigenvalue weighted by atomic mass is 10.2. The van der Waals surface area contributed by atoms with Crippen LogP contribution in [0, 0.1) is 0 Å². The van der Waals surface area contributed by atoms with Crippen LogP contribution in [0.2, 0.25) is 0 Å². The zero-order valence-corrected chi connectivity index (χ0v) is 17.4. The highest BCUT2D eigenvalue weighted by molar-refractivity contribution is 5.82. The summed E-state index contributed by atoms with van der Waals surface area (Å²) in [5.41, 5.74) is -0.734. The van der Waals surface area contributed by atoms with E-state index in [0.717, 1.165) is 25.0 Å². The second-order valence-electron chi connectivity index (χ2n) is 6.67. The molecule has 0 spiro atoms. The fourth-order valence-electron chi connectivity index (χ4n) is 2.43. The maximum atomic E-state index is 12.6. The lowest BCUT2D eigenvalue weighted by Crippen LogP contribution is -2.09. The van der Waals surface area contributed by atoms with Crippen molar-refractivity contribution in [2.45, 2.75) is 39.0 Å². The van der Waals surface area contributed by atoms with E-state index in [-0.39, 0.29) is 12.7 Å². The third-order valence-corrected chi connectivity index (χ3v) is 4.01. The molecule has 31 heavy (non-hydrogen) atoms. The number of halogens is 3. The maximum absolute atomic E-state index is 12.6. The Morgan fingerprint density at radius 2 is 1.55 bits per heavy atom. The number of hydrogen-bond donors (Lipinski definition) is 0. The molecule has 0 bridgehead atoms. The van der Waals surface area contributed by atoms with Gasteiger partial charge < -0.3 is 14.2 Å². The normalized spacial score (nSPS) is 12.8. The zero-order valence-electron chi connectivity index (χ0n) is 17.4. The number of esters is 1.